The largest absolute Gasteiger partial charge is 0.396 e. The molecule has 0 aliphatic carbocycles. The number of rotatable bonds is 4. The molecule has 2 N–H and O–H groups in total. The first-order valence-electron chi connectivity index (χ1n) is 4.96. The smallest absolute Gasteiger partial charge is 0.317 e. The molecule has 0 aromatic carbocycles. The number of hydrogen-bond acceptors (Lipinski definition) is 3. The number of carbonyl (C=O) groups excluding carboxylic acids is 1. The summed E-state index contributed by atoms with van der Waals surface area (Å²) in [5, 5.41) is 11.3. The summed E-state index contributed by atoms with van der Waals surface area (Å²) in [6.07, 6.45) is 0.799. The van der Waals surface area contributed by atoms with E-state index in [1.54, 1.807) is 11.9 Å². The molecule has 1 rings (SSSR count). The number of urea groups is 1. The Morgan fingerprint density at radius 3 is 2.79 bits per heavy atom. The zero-order valence-corrected chi connectivity index (χ0v) is 8.86. The van der Waals surface area contributed by atoms with Crippen LogP contribution >= 0.6 is 0 Å². The van der Waals surface area contributed by atoms with Crippen LogP contribution in [-0.2, 0) is 0 Å². The van der Waals surface area contributed by atoms with E-state index < -0.39 is 0 Å². The van der Waals surface area contributed by atoms with Crippen LogP contribution in [0.25, 0.3) is 0 Å². The molecule has 1 heterocycles. The van der Waals surface area contributed by atoms with Crippen molar-refractivity contribution in [2.24, 2.45) is 0 Å². The third kappa shape index (κ3) is 2.59. The van der Waals surface area contributed by atoms with Crippen LogP contribution < -0.4 is 5.32 Å². The topological polar surface area (TPSA) is 55.8 Å². The Balaban J connectivity index is 2.16. The lowest BCUT2D eigenvalue weighted by atomic mass is 10.1. The summed E-state index contributed by atoms with van der Waals surface area (Å²) in [4.78, 5) is 15.1. The molecule has 1 aliphatic rings. The molecule has 14 heavy (non-hydrogen) atoms. The summed E-state index contributed by atoms with van der Waals surface area (Å²) in [5.41, 5.74) is 0. The maximum atomic E-state index is 11.1. The second-order valence-electron chi connectivity index (χ2n) is 3.67. The number of likely N-dealkylation sites (N-methyl/N-ethyl adjacent to an activating group) is 1. The van der Waals surface area contributed by atoms with Crippen molar-refractivity contribution < 1.29 is 9.90 Å². The Morgan fingerprint density at radius 1 is 1.64 bits per heavy atom. The fourth-order valence-corrected chi connectivity index (χ4v) is 1.56. The fraction of sp³-hybridized carbons (Fsp3) is 0.889. The van der Waals surface area contributed by atoms with Gasteiger partial charge < -0.3 is 15.3 Å². The maximum absolute atomic E-state index is 11.1. The molecule has 0 radical (unpaired) electrons. The van der Waals surface area contributed by atoms with Gasteiger partial charge in [0.2, 0.25) is 0 Å². The Morgan fingerprint density at radius 2 is 2.29 bits per heavy atom. The van der Waals surface area contributed by atoms with Crippen molar-refractivity contribution in [3.05, 3.63) is 0 Å². The third-order valence-electron chi connectivity index (χ3n) is 2.66. The predicted molar refractivity (Wildman–Crippen MR) is 54.1 cm³/mol. The van der Waals surface area contributed by atoms with Crippen LogP contribution in [-0.4, -0.2) is 67.3 Å². The molecule has 5 nitrogen and oxygen atoms in total. The molecule has 5 heteroatoms. The molecule has 0 aromatic heterocycles. The Hall–Kier alpha value is -0.810. The van der Waals surface area contributed by atoms with Gasteiger partial charge in [-0.2, -0.15) is 0 Å². The Bertz CT molecular complexity index is 192. The van der Waals surface area contributed by atoms with Crippen LogP contribution in [0, 0.1) is 0 Å². The summed E-state index contributed by atoms with van der Waals surface area (Å²) in [7, 11) is 3.67. The SMILES string of the molecule is CNC(=O)N1CC(N(C)CCCO)C1. The van der Waals surface area contributed by atoms with Crippen molar-refractivity contribution >= 4 is 6.03 Å². The minimum atomic E-state index is -0.00296. The van der Waals surface area contributed by atoms with Gasteiger partial charge >= 0.3 is 6.03 Å². The molecule has 1 fully saturated rings. The molecule has 0 atom stereocenters. The molecular formula is C9H19N3O2. The molecule has 0 unspecified atom stereocenters. The first kappa shape index (κ1) is 11.3. The monoisotopic (exact) mass is 201 g/mol. The number of nitrogens with zero attached hydrogens (tertiary/aromatic N) is 2. The average molecular weight is 201 g/mol. The van der Waals surface area contributed by atoms with Gasteiger partial charge in [-0.3, -0.25) is 4.90 Å². The standard InChI is InChI=1S/C9H19N3O2/c1-10-9(14)12-6-8(7-12)11(2)4-3-5-13/h8,13H,3-7H2,1-2H3,(H,10,14). The maximum Gasteiger partial charge on any atom is 0.317 e. The quantitative estimate of drug-likeness (QED) is 0.634. The highest BCUT2D eigenvalue weighted by Gasteiger charge is 2.32. The summed E-state index contributed by atoms with van der Waals surface area (Å²) in [6, 6.07) is 0.454. The van der Waals surface area contributed by atoms with Crippen molar-refractivity contribution in [3.8, 4) is 0 Å². The van der Waals surface area contributed by atoms with Crippen LogP contribution in [0.2, 0.25) is 0 Å². The van der Waals surface area contributed by atoms with E-state index in [1.807, 2.05) is 7.05 Å². The van der Waals surface area contributed by atoms with Crippen molar-refractivity contribution in [1.29, 1.82) is 0 Å². The first-order valence-corrected chi connectivity index (χ1v) is 4.96. The van der Waals surface area contributed by atoms with E-state index in [0.717, 1.165) is 26.1 Å². The number of likely N-dealkylation sites (tertiary alicyclic amines) is 1. The van der Waals surface area contributed by atoms with E-state index in [1.165, 1.54) is 0 Å². The van der Waals surface area contributed by atoms with Gasteiger partial charge in [-0.05, 0) is 13.5 Å². The van der Waals surface area contributed by atoms with E-state index in [4.69, 9.17) is 5.11 Å². The van der Waals surface area contributed by atoms with Gasteiger partial charge in [0.15, 0.2) is 0 Å². The zero-order valence-electron chi connectivity index (χ0n) is 8.86. The summed E-state index contributed by atoms with van der Waals surface area (Å²) < 4.78 is 0. The van der Waals surface area contributed by atoms with Crippen molar-refractivity contribution in [2.45, 2.75) is 12.5 Å². The van der Waals surface area contributed by atoms with Crippen molar-refractivity contribution in [1.82, 2.24) is 15.1 Å². The average Bonchev–Trinajstić information content (AvgIpc) is 2.11. The third-order valence-corrected chi connectivity index (χ3v) is 2.66. The zero-order chi connectivity index (χ0) is 10.6. The summed E-state index contributed by atoms with van der Waals surface area (Å²) in [5.74, 6) is 0. The van der Waals surface area contributed by atoms with Crippen molar-refractivity contribution in [3.63, 3.8) is 0 Å². The van der Waals surface area contributed by atoms with Gasteiger partial charge in [0, 0.05) is 39.3 Å². The van der Waals surface area contributed by atoms with Gasteiger partial charge in [-0.1, -0.05) is 0 Å². The minimum absolute atomic E-state index is 0.00296. The van der Waals surface area contributed by atoms with E-state index in [2.05, 4.69) is 10.2 Å². The fourth-order valence-electron chi connectivity index (χ4n) is 1.56. The van der Waals surface area contributed by atoms with Crippen LogP contribution in [0.15, 0.2) is 0 Å². The Labute approximate surface area is 84.7 Å². The molecule has 0 aromatic rings. The van der Waals surface area contributed by atoms with Gasteiger partial charge in [0.25, 0.3) is 0 Å². The second kappa shape index (κ2) is 5.17. The molecule has 0 spiro atoms. The number of amides is 2. The number of carbonyl (C=O) groups is 1. The molecule has 1 saturated heterocycles. The second-order valence-corrected chi connectivity index (χ2v) is 3.67. The molecule has 1 aliphatic heterocycles. The normalized spacial score (nSPS) is 17.0. The van der Waals surface area contributed by atoms with Crippen LogP contribution in [0.1, 0.15) is 6.42 Å². The lowest BCUT2D eigenvalue weighted by Gasteiger charge is -2.43. The minimum Gasteiger partial charge on any atom is -0.396 e. The highest BCUT2D eigenvalue weighted by atomic mass is 16.3. The number of aliphatic hydroxyl groups is 1. The molecular weight excluding hydrogens is 182 g/mol. The van der Waals surface area contributed by atoms with E-state index >= 15 is 0 Å². The van der Waals surface area contributed by atoms with Crippen LogP contribution in [0.3, 0.4) is 0 Å². The lowest BCUT2D eigenvalue weighted by molar-refractivity contribution is 0.0699. The predicted octanol–water partition coefficient (Wildman–Crippen LogP) is -0.676. The van der Waals surface area contributed by atoms with Gasteiger partial charge in [0.1, 0.15) is 0 Å². The highest BCUT2D eigenvalue weighted by Crippen LogP contribution is 2.13. The number of aliphatic hydroxyl groups excluding tert-OH is 1. The lowest BCUT2D eigenvalue weighted by Crippen LogP contribution is -2.61. The van der Waals surface area contributed by atoms with E-state index in [9.17, 15) is 4.79 Å². The van der Waals surface area contributed by atoms with E-state index in [0.29, 0.717) is 6.04 Å². The number of hydrogen-bond donors (Lipinski definition) is 2. The van der Waals surface area contributed by atoms with Gasteiger partial charge in [-0.15, -0.1) is 0 Å². The highest BCUT2D eigenvalue weighted by molar-refractivity contribution is 5.74. The molecule has 0 saturated carbocycles. The van der Waals surface area contributed by atoms with Crippen LogP contribution in [0.5, 0.6) is 0 Å². The van der Waals surface area contributed by atoms with Crippen LogP contribution in [0.4, 0.5) is 4.79 Å². The first-order chi connectivity index (χ1) is 6.69. The van der Waals surface area contributed by atoms with Gasteiger partial charge in [-0.25, -0.2) is 4.79 Å². The van der Waals surface area contributed by atoms with Crippen molar-refractivity contribution in [2.75, 3.05) is 40.3 Å². The summed E-state index contributed by atoms with van der Waals surface area (Å²) >= 11 is 0. The van der Waals surface area contributed by atoms with E-state index in [-0.39, 0.29) is 12.6 Å². The molecule has 2 amide bonds. The Kier molecular flexibility index (Phi) is 4.16. The van der Waals surface area contributed by atoms with Gasteiger partial charge in [0.05, 0.1) is 0 Å². The molecule has 82 valence electrons. The summed E-state index contributed by atoms with van der Waals surface area (Å²) in [6.45, 7) is 2.71. The number of nitrogens with one attached hydrogen (secondary N) is 1. The molecule has 0 bridgehead atoms.